The molecule has 0 spiro atoms. The Morgan fingerprint density at radius 2 is 2.60 bits per heavy atom. The smallest absolute Gasteiger partial charge is 0.221 e. The molecular weight excluding hydrogens is 128 g/mol. The lowest BCUT2D eigenvalue weighted by Gasteiger charge is -1.97. The molecular formula is C7H7N2O. The van der Waals surface area contributed by atoms with Crippen molar-refractivity contribution in [2.45, 2.75) is 6.92 Å². The number of nitrogens with one attached hydrogen (secondary N) is 1. The third kappa shape index (κ3) is 1.85. The highest BCUT2D eigenvalue weighted by Crippen LogP contribution is 2.00. The molecule has 0 aromatic carbocycles. The third-order valence-electron chi connectivity index (χ3n) is 0.933. The van der Waals surface area contributed by atoms with Crippen LogP contribution < -0.4 is 5.32 Å². The Morgan fingerprint density at radius 3 is 3.10 bits per heavy atom. The summed E-state index contributed by atoms with van der Waals surface area (Å²) in [5, 5.41) is 2.57. The number of carbonyl (C=O) groups excluding carboxylic acids is 1. The predicted octanol–water partition coefficient (Wildman–Crippen LogP) is 0.840. The van der Waals surface area contributed by atoms with Gasteiger partial charge in [0.2, 0.25) is 5.91 Å². The van der Waals surface area contributed by atoms with Crippen molar-refractivity contribution in [2.75, 3.05) is 5.32 Å². The Hall–Kier alpha value is -1.38. The van der Waals surface area contributed by atoms with E-state index < -0.39 is 0 Å². The van der Waals surface area contributed by atoms with Crippen LogP contribution in [0.5, 0.6) is 0 Å². The number of aromatic nitrogens is 1. The molecule has 51 valence electrons. The monoisotopic (exact) mass is 135 g/mol. The van der Waals surface area contributed by atoms with Crippen LogP contribution in [0.4, 0.5) is 5.69 Å². The van der Waals surface area contributed by atoms with Crippen molar-refractivity contribution < 1.29 is 4.79 Å². The summed E-state index contributed by atoms with van der Waals surface area (Å²) in [6.45, 7) is 1.45. The average molecular weight is 135 g/mol. The second-order valence-corrected chi connectivity index (χ2v) is 1.83. The van der Waals surface area contributed by atoms with Crippen LogP contribution in [0.25, 0.3) is 0 Å². The maximum absolute atomic E-state index is 10.5. The fraction of sp³-hybridized carbons (Fsp3) is 0.143. The van der Waals surface area contributed by atoms with Crippen molar-refractivity contribution >= 4 is 11.6 Å². The van der Waals surface area contributed by atoms with Gasteiger partial charge in [-0.05, 0) is 6.07 Å². The van der Waals surface area contributed by atoms with Crippen LogP contribution in [0.2, 0.25) is 0 Å². The highest BCUT2D eigenvalue weighted by molar-refractivity contribution is 5.88. The van der Waals surface area contributed by atoms with Crippen LogP contribution in [-0.4, -0.2) is 10.9 Å². The number of anilines is 1. The Morgan fingerprint density at radius 1 is 1.80 bits per heavy atom. The van der Waals surface area contributed by atoms with Gasteiger partial charge in [0.25, 0.3) is 0 Å². The first-order chi connectivity index (χ1) is 4.79. The molecule has 1 amide bonds. The zero-order valence-electron chi connectivity index (χ0n) is 5.59. The van der Waals surface area contributed by atoms with Crippen molar-refractivity contribution in [3.8, 4) is 0 Å². The van der Waals surface area contributed by atoms with Gasteiger partial charge in [-0.15, -0.1) is 0 Å². The molecule has 0 aliphatic heterocycles. The second-order valence-electron chi connectivity index (χ2n) is 1.83. The molecule has 10 heavy (non-hydrogen) atoms. The number of hydrogen-bond acceptors (Lipinski definition) is 2. The van der Waals surface area contributed by atoms with Crippen molar-refractivity contribution in [3.05, 3.63) is 24.5 Å². The van der Waals surface area contributed by atoms with Crippen LogP contribution in [0.1, 0.15) is 6.92 Å². The van der Waals surface area contributed by atoms with E-state index in [1.165, 1.54) is 13.1 Å². The number of pyridine rings is 1. The molecule has 3 nitrogen and oxygen atoms in total. The molecule has 0 atom stereocenters. The van der Waals surface area contributed by atoms with Gasteiger partial charge < -0.3 is 5.32 Å². The lowest BCUT2D eigenvalue weighted by Crippen LogP contribution is -2.05. The lowest BCUT2D eigenvalue weighted by molar-refractivity contribution is -0.114. The molecule has 0 saturated carbocycles. The topological polar surface area (TPSA) is 42.0 Å². The molecule has 1 radical (unpaired) electrons. The molecule has 0 aliphatic rings. The lowest BCUT2D eigenvalue weighted by atomic mass is 10.4. The first-order valence-electron chi connectivity index (χ1n) is 2.88. The van der Waals surface area contributed by atoms with Crippen LogP contribution in [-0.2, 0) is 4.79 Å². The largest absolute Gasteiger partial charge is 0.326 e. The van der Waals surface area contributed by atoms with E-state index in [4.69, 9.17) is 0 Å². The maximum Gasteiger partial charge on any atom is 0.221 e. The summed E-state index contributed by atoms with van der Waals surface area (Å²) in [5.74, 6) is -0.0950. The standard InChI is InChI=1S/C7H7N2O/c1-6(10)9-7-2-4-8-5-3-7/h2,4-5H,1H3,(H,8,9,10). The van der Waals surface area contributed by atoms with E-state index >= 15 is 0 Å². The van der Waals surface area contributed by atoms with Gasteiger partial charge in [-0.1, -0.05) is 0 Å². The molecule has 1 aromatic rings. The minimum Gasteiger partial charge on any atom is -0.326 e. The van der Waals surface area contributed by atoms with E-state index in [1.54, 1.807) is 12.3 Å². The fourth-order valence-electron chi connectivity index (χ4n) is 0.583. The molecule has 1 rings (SSSR count). The normalized spacial score (nSPS) is 8.90. The minimum absolute atomic E-state index is 0.0950. The molecule has 0 saturated heterocycles. The molecule has 1 aromatic heterocycles. The van der Waals surface area contributed by atoms with E-state index in [2.05, 4.69) is 16.4 Å². The van der Waals surface area contributed by atoms with E-state index in [0.717, 1.165) is 0 Å². The molecule has 0 fully saturated rings. The van der Waals surface area contributed by atoms with Crippen LogP contribution >= 0.6 is 0 Å². The van der Waals surface area contributed by atoms with Crippen molar-refractivity contribution in [2.24, 2.45) is 0 Å². The molecule has 1 N–H and O–H groups in total. The first kappa shape index (κ1) is 6.74. The Labute approximate surface area is 59.1 Å². The van der Waals surface area contributed by atoms with Gasteiger partial charge in [-0.3, -0.25) is 9.78 Å². The number of carbonyl (C=O) groups is 1. The zero-order chi connectivity index (χ0) is 7.40. The van der Waals surface area contributed by atoms with Gasteiger partial charge in [0.15, 0.2) is 0 Å². The van der Waals surface area contributed by atoms with Crippen molar-refractivity contribution in [3.63, 3.8) is 0 Å². The summed E-state index contributed by atoms with van der Waals surface area (Å²) in [6, 6.07) is 4.44. The number of hydrogen-bond donors (Lipinski definition) is 1. The SMILES string of the molecule is CC(=O)Nc1[c]cncc1. The van der Waals surface area contributed by atoms with Crippen LogP contribution in [0, 0.1) is 6.07 Å². The van der Waals surface area contributed by atoms with E-state index in [-0.39, 0.29) is 5.91 Å². The molecule has 0 aliphatic carbocycles. The second kappa shape index (κ2) is 2.96. The molecule has 0 unspecified atom stereocenters. The van der Waals surface area contributed by atoms with E-state index in [1.807, 2.05) is 0 Å². The predicted molar refractivity (Wildman–Crippen MR) is 37.4 cm³/mol. The minimum atomic E-state index is -0.0950. The highest BCUT2D eigenvalue weighted by Gasteiger charge is 1.91. The Balaban J connectivity index is 2.67. The van der Waals surface area contributed by atoms with Gasteiger partial charge in [0.05, 0.1) is 5.69 Å². The van der Waals surface area contributed by atoms with Crippen LogP contribution in [0.15, 0.2) is 18.5 Å². The summed E-state index contributed by atoms with van der Waals surface area (Å²) in [4.78, 5) is 14.2. The number of nitrogens with zero attached hydrogens (tertiary/aromatic N) is 1. The first-order valence-corrected chi connectivity index (χ1v) is 2.88. The Kier molecular flexibility index (Phi) is 1.99. The zero-order valence-corrected chi connectivity index (χ0v) is 5.59. The van der Waals surface area contributed by atoms with Gasteiger partial charge in [0.1, 0.15) is 0 Å². The highest BCUT2D eigenvalue weighted by atomic mass is 16.1. The summed E-state index contributed by atoms with van der Waals surface area (Å²) in [5.41, 5.74) is 0.655. The van der Waals surface area contributed by atoms with Crippen molar-refractivity contribution in [1.82, 2.24) is 4.98 Å². The third-order valence-corrected chi connectivity index (χ3v) is 0.933. The average Bonchev–Trinajstić information content (AvgIpc) is 1.88. The molecule has 3 heteroatoms. The number of amides is 1. The molecule has 0 bridgehead atoms. The van der Waals surface area contributed by atoms with Gasteiger partial charge in [-0.25, -0.2) is 0 Å². The number of rotatable bonds is 1. The van der Waals surface area contributed by atoms with E-state index in [9.17, 15) is 4.79 Å². The summed E-state index contributed by atoms with van der Waals surface area (Å²) >= 11 is 0. The summed E-state index contributed by atoms with van der Waals surface area (Å²) in [6.07, 6.45) is 3.10. The summed E-state index contributed by atoms with van der Waals surface area (Å²) in [7, 11) is 0. The van der Waals surface area contributed by atoms with Gasteiger partial charge in [0, 0.05) is 25.4 Å². The summed E-state index contributed by atoms with van der Waals surface area (Å²) < 4.78 is 0. The Bertz CT molecular complexity index is 220. The van der Waals surface area contributed by atoms with Crippen molar-refractivity contribution in [1.29, 1.82) is 0 Å². The fourth-order valence-corrected chi connectivity index (χ4v) is 0.583. The van der Waals surface area contributed by atoms with Gasteiger partial charge >= 0.3 is 0 Å². The maximum atomic E-state index is 10.5. The quantitative estimate of drug-likeness (QED) is 0.620. The molecule has 1 heterocycles. The van der Waals surface area contributed by atoms with E-state index in [0.29, 0.717) is 5.69 Å². The van der Waals surface area contributed by atoms with Crippen LogP contribution in [0.3, 0.4) is 0 Å². The van der Waals surface area contributed by atoms with Gasteiger partial charge in [-0.2, -0.15) is 0 Å².